The summed E-state index contributed by atoms with van der Waals surface area (Å²) in [5.74, 6) is -1.09. The molecule has 5 heteroatoms. The van der Waals surface area contributed by atoms with Gasteiger partial charge in [0.05, 0.1) is 5.41 Å². The number of anilines is 1. The number of carboxylic acids is 1. The van der Waals surface area contributed by atoms with Crippen LogP contribution in [0.15, 0.2) is 12.1 Å². The van der Waals surface area contributed by atoms with Crippen molar-refractivity contribution in [3.8, 4) is 0 Å². The summed E-state index contributed by atoms with van der Waals surface area (Å²) in [4.78, 5) is 24.1. The summed E-state index contributed by atoms with van der Waals surface area (Å²) in [5.41, 5.74) is 1.79. The molecule has 0 spiro atoms. The first-order valence-electron chi connectivity index (χ1n) is 8.27. The van der Waals surface area contributed by atoms with E-state index in [9.17, 15) is 14.7 Å². The van der Waals surface area contributed by atoms with E-state index in [4.69, 9.17) is 11.6 Å². The number of aliphatic carboxylic acids is 1. The first-order valence-corrected chi connectivity index (χ1v) is 8.65. The van der Waals surface area contributed by atoms with Crippen molar-refractivity contribution in [2.24, 2.45) is 5.41 Å². The molecule has 0 heterocycles. The zero-order valence-corrected chi connectivity index (χ0v) is 14.5. The van der Waals surface area contributed by atoms with Gasteiger partial charge in [-0.25, -0.2) is 0 Å². The predicted octanol–water partition coefficient (Wildman–Crippen LogP) is 4.44. The number of carbonyl (C=O) groups excluding carboxylic acids is 1. The number of halogens is 1. The Labute approximate surface area is 142 Å². The van der Waals surface area contributed by atoms with Gasteiger partial charge in [-0.1, -0.05) is 44.4 Å². The number of amides is 1. The lowest BCUT2D eigenvalue weighted by molar-refractivity contribution is -0.150. The Morgan fingerprint density at radius 1 is 1.22 bits per heavy atom. The Morgan fingerprint density at radius 2 is 1.87 bits per heavy atom. The number of carboxylic acid groups (broad SMARTS) is 1. The van der Waals surface area contributed by atoms with Crippen LogP contribution in [0.25, 0.3) is 0 Å². The Bertz CT molecular complexity index is 607. The SMILES string of the molecule is CCc1ccc(Cl)c(CC)c1NC(=O)CC1(C(=O)O)CCCC1. The van der Waals surface area contributed by atoms with Gasteiger partial charge in [-0.3, -0.25) is 9.59 Å². The van der Waals surface area contributed by atoms with Crippen LogP contribution in [0, 0.1) is 5.41 Å². The van der Waals surface area contributed by atoms with Gasteiger partial charge in [0.1, 0.15) is 0 Å². The van der Waals surface area contributed by atoms with Crippen LogP contribution >= 0.6 is 11.6 Å². The van der Waals surface area contributed by atoms with Crippen molar-refractivity contribution in [1.82, 2.24) is 0 Å². The third kappa shape index (κ3) is 3.69. The molecule has 23 heavy (non-hydrogen) atoms. The van der Waals surface area contributed by atoms with E-state index < -0.39 is 11.4 Å². The van der Waals surface area contributed by atoms with Crippen molar-refractivity contribution in [3.63, 3.8) is 0 Å². The molecule has 0 saturated heterocycles. The van der Waals surface area contributed by atoms with Crippen LogP contribution in [0.4, 0.5) is 5.69 Å². The predicted molar refractivity (Wildman–Crippen MR) is 92.0 cm³/mol. The number of aryl methyl sites for hydroxylation is 1. The van der Waals surface area contributed by atoms with E-state index in [1.54, 1.807) is 0 Å². The van der Waals surface area contributed by atoms with Crippen LogP contribution in [0.3, 0.4) is 0 Å². The fourth-order valence-electron chi connectivity index (χ4n) is 3.48. The lowest BCUT2D eigenvalue weighted by atomic mass is 9.82. The maximum absolute atomic E-state index is 12.5. The molecule has 1 aromatic carbocycles. The minimum Gasteiger partial charge on any atom is -0.481 e. The minimum absolute atomic E-state index is 0.0289. The van der Waals surface area contributed by atoms with Crippen LogP contribution in [0.1, 0.15) is 57.1 Å². The second-order valence-electron chi connectivity index (χ2n) is 6.28. The molecule has 1 fully saturated rings. The summed E-state index contributed by atoms with van der Waals surface area (Å²) >= 11 is 6.24. The molecule has 2 rings (SSSR count). The van der Waals surface area contributed by atoms with Crippen LogP contribution in [0.2, 0.25) is 5.02 Å². The monoisotopic (exact) mass is 337 g/mol. The van der Waals surface area contributed by atoms with Crippen molar-refractivity contribution < 1.29 is 14.7 Å². The van der Waals surface area contributed by atoms with Gasteiger partial charge in [-0.2, -0.15) is 0 Å². The highest BCUT2D eigenvalue weighted by molar-refractivity contribution is 6.32. The first kappa shape index (κ1) is 17.8. The average molecular weight is 338 g/mol. The van der Waals surface area contributed by atoms with Crippen molar-refractivity contribution >= 4 is 29.2 Å². The standard InChI is InChI=1S/C18H24ClNO3/c1-3-12-7-8-14(19)13(4-2)16(12)20-15(21)11-18(17(22)23)9-5-6-10-18/h7-8H,3-6,9-11H2,1-2H3,(H,20,21)(H,22,23). The number of nitrogens with one attached hydrogen (secondary N) is 1. The molecular formula is C18H24ClNO3. The van der Waals surface area contributed by atoms with Crippen LogP contribution < -0.4 is 5.32 Å². The van der Waals surface area contributed by atoms with Gasteiger partial charge in [-0.05, 0) is 42.9 Å². The summed E-state index contributed by atoms with van der Waals surface area (Å²) in [6.07, 6.45) is 4.42. The number of rotatable bonds is 6. The molecule has 126 valence electrons. The van der Waals surface area contributed by atoms with E-state index in [2.05, 4.69) is 5.32 Å². The maximum Gasteiger partial charge on any atom is 0.310 e. The quantitative estimate of drug-likeness (QED) is 0.806. The van der Waals surface area contributed by atoms with Gasteiger partial charge in [0.15, 0.2) is 0 Å². The average Bonchev–Trinajstić information content (AvgIpc) is 2.97. The summed E-state index contributed by atoms with van der Waals surface area (Å²) < 4.78 is 0. The van der Waals surface area contributed by atoms with Gasteiger partial charge in [0, 0.05) is 17.1 Å². The summed E-state index contributed by atoms with van der Waals surface area (Å²) in [7, 11) is 0. The Morgan fingerprint density at radius 3 is 2.39 bits per heavy atom. The van der Waals surface area contributed by atoms with Crippen LogP contribution in [-0.4, -0.2) is 17.0 Å². The van der Waals surface area contributed by atoms with E-state index in [1.165, 1.54) is 0 Å². The van der Waals surface area contributed by atoms with Crippen molar-refractivity contribution in [3.05, 3.63) is 28.3 Å². The molecule has 1 aromatic rings. The molecule has 4 nitrogen and oxygen atoms in total. The zero-order valence-electron chi connectivity index (χ0n) is 13.7. The molecule has 0 aromatic heterocycles. The molecule has 1 saturated carbocycles. The molecule has 2 N–H and O–H groups in total. The maximum atomic E-state index is 12.5. The third-order valence-corrected chi connectivity index (χ3v) is 5.21. The normalized spacial score (nSPS) is 16.3. The lowest BCUT2D eigenvalue weighted by Gasteiger charge is -2.24. The molecule has 0 bridgehead atoms. The molecular weight excluding hydrogens is 314 g/mol. The highest BCUT2D eigenvalue weighted by Crippen LogP contribution is 2.42. The van der Waals surface area contributed by atoms with E-state index in [-0.39, 0.29) is 12.3 Å². The van der Waals surface area contributed by atoms with E-state index in [0.717, 1.165) is 36.1 Å². The Hall–Kier alpha value is -1.55. The largest absolute Gasteiger partial charge is 0.481 e. The van der Waals surface area contributed by atoms with Crippen molar-refractivity contribution in [2.45, 2.75) is 58.8 Å². The molecule has 1 amide bonds. The molecule has 0 atom stereocenters. The van der Waals surface area contributed by atoms with Gasteiger partial charge < -0.3 is 10.4 Å². The Kier molecular flexibility index (Phi) is 5.69. The second kappa shape index (κ2) is 7.35. The van der Waals surface area contributed by atoms with Crippen molar-refractivity contribution in [2.75, 3.05) is 5.32 Å². The minimum atomic E-state index is -0.901. The van der Waals surface area contributed by atoms with Gasteiger partial charge in [-0.15, -0.1) is 0 Å². The molecule has 0 radical (unpaired) electrons. The smallest absolute Gasteiger partial charge is 0.310 e. The first-order chi connectivity index (χ1) is 10.9. The van der Waals surface area contributed by atoms with E-state index >= 15 is 0 Å². The number of hydrogen-bond donors (Lipinski definition) is 2. The third-order valence-electron chi connectivity index (χ3n) is 4.85. The van der Waals surface area contributed by atoms with Crippen molar-refractivity contribution in [1.29, 1.82) is 0 Å². The van der Waals surface area contributed by atoms with Crippen LogP contribution in [-0.2, 0) is 22.4 Å². The highest BCUT2D eigenvalue weighted by Gasteiger charge is 2.43. The topological polar surface area (TPSA) is 66.4 Å². The fourth-order valence-corrected chi connectivity index (χ4v) is 3.77. The molecule has 0 unspecified atom stereocenters. The van der Waals surface area contributed by atoms with Crippen LogP contribution in [0.5, 0.6) is 0 Å². The molecule has 1 aliphatic rings. The fraction of sp³-hybridized carbons (Fsp3) is 0.556. The number of benzene rings is 1. The number of hydrogen-bond acceptors (Lipinski definition) is 2. The summed E-state index contributed by atoms with van der Waals surface area (Å²) in [6.45, 7) is 4.01. The van der Waals surface area contributed by atoms with Gasteiger partial charge in [0.2, 0.25) is 5.91 Å². The Balaban J connectivity index is 2.23. The van der Waals surface area contributed by atoms with Gasteiger partial charge >= 0.3 is 5.97 Å². The number of carbonyl (C=O) groups is 2. The second-order valence-corrected chi connectivity index (χ2v) is 6.69. The molecule has 1 aliphatic carbocycles. The van der Waals surface area contributed by atoms with Gasteiger partial charge in [0.25, 0.3) is 0 Å². The highest BCUT2D eigenvalue weighted by atomic mass is 35.5. The van der Waals surface area contributed by atoms with E-state index in [0.29, 0.717) is 24.3 Å². The molecule has 0 aliphatic heterocycles. The lowest BCUT2D eigenvalue weighted by Crippen LogP contribution is -2.33. The zero-order chi connectivity index (χ0) is 17.0. The summed E-state index contributed by atoms with van der Waals surface area (Å²) in [5, 5.41) is 13.1. The summed E-state index contributed by atoms with van der Waals surface area (Å²) in [6, 6.07) is 3.77. The van der Waals surface area contributed by atoms with E-state index in [1.807, 2.05) is 26.0 Å².